The number of methoxy groups -OCH3 is 1. The predicted molar refractivity (Wildman–Crippen MR) is 108 cm³/mol. The molecular formula is C23H26N2O2. The predicted octanol–water partition coefficient (Wildman–Crippen LogP) is 4.14. The molecule has 1 amide bonds. The Bertz CT molecular complexity index is 935. The lowest BCUT2D eigenvalue weighted by atomic mass is 9.93. The first-order valence-corrected chi connectivity index (χ1v) is 9.61. The van der Waals surface area contributed by atoms with Crippen molar-refractivity contribution in [3.63, 3.8) is 0 Å². The summed E-state index contributed by atoms with van der Waals surface area (Å²) in [6.45, 7) is 1.67. The van der Waals surface area contributed by atoms with Crippen molar-refractivity contribution in [1.29, 1.82) is 0 Å². The molecule has 4 heteroatoms. The van der Waals surface area contributed by atoms with E-state index < -0.39 is 0 Å². The molecule has 2 aromatic carbocycles. The summed E-state index contributed by atoms with van der Waals surface area (Å²) in [6.07, 6.45) is 2.51. The minimum atomic E-state index is 0.218. The van der Waals surface area contributed by atoms with E-state index in [9.17, 15) is 4.79 Å². The number of amides is 1. The minimum absolute atomic E-state index is 0.218. The number of fused-ring (bicyclic) bond motifs is 1. The molecule has 140 valence electrons. The SMILES string of the molecule is COc1ccc(CC(=O)N2CCC(c3cc4ccccc4n3C)CC2)cc1. The van der Waals surface area contributed by atoms with Crippen LogP contribution in [0.2, 0.25) is 0 Å². The van der Waals surface area contributed by atoms with Crippen LogP contribution in [-0.4, -0.2) is 35.6 Å². The monoisotopic (exact) mass is 362 g/mol. The van der Waals surface area contributed by atoms with Crippen molar-refractivity contribution in [2.24, 2.45) is 7.05 Å². The Labute approximate surface area is 160 Å². The zero-order valence-corrected chi connectivity index (χ0v) is 16.0. The van der Waals surface area contributed by atoms with Crippen LogP contribution in [0.3, 0.4) is 0 Å². The van der Waals surface area contributed by atoms with Crippen molar-refractivity contribution in [2.75, 3.05) is 20.2 Å². The number of hydrogen-bond acceptors (Lipinski definition) is 2. The van der Waals surface area contributed by atoms with E-state index in [1.165, 1.54) is 16.6 Å². The molecule has 1 saturated heterocycles. The van der Waals surface area contributed by atoms with Gasteiger partial charge in [0, 0.05) is 37.3 Å². The number of aryl methyl sites for hydroxylation is 1. The standard InChI is InChI=1S/C23H26N2O2/c1-24-21-6-4-3-5-19(21)16-22(24)18-11-13-25(14-12-18)23(26)15-17-7-9-20(27-2)10-8-17/h3-10,16,18H,11-15H2,1-2H3. The van der Waals surface area contributed by atoms with Gasteiger partial charge in [-0.1, -0.05) is 30.3 Å². The zero-order chi connectivity index (χ0) is 18.8. The molecule has 1 aliphatic rings. The second-order valence-corrected chi connectivity index (χ2v) is 7.37. The molecule has 3 aromatic rings. The van der Waals surface area contributed by atoms with E-state index in [1.807, 2.05) is 29.2 Å². The van der Waals surface area contributed by atoms with E-state index >= 15 is 0 Å². The Kier molecular flexibility index (Phi) is 4.88. The Hall–Kier alpha value is -2.75. The first-order valence-electron chi connectivity index (χ1n) is 9.61. The van der Waals surface area contributed by atoms with Crippen LogP contribution in [-0.2, 0) is 18.3 Å². The molecule has 1 aromatic heterocycles. The molecule has 0 bridgehead atoms. The number of rotatable bonds is 4. The van der Waals surface area contributed by atoms with Gasteiger partial charge in [-0.3, -0.25) is 4.79 Å². The Morgan fingerprint density at radius 2 is 1.78 bits per heavy atom. The average molecular weight is 362 g/mol. The molecule has 0 unspecified atom stereocenters. The van der Waals surface area contributed by atoms with Gasteiger partial charge in [-0.25, -0.2) is 0 Å². The van der Waals surface area contributed by atoms with Gasteiger partial charge in [0.2, 0.25) is 5.91 Å². The van der Waals surface area contributed by atoms with Gasteiger partial charge in [0.05, 0.1) is 13.5 Å². The summed E-state index contributed by atoms with van der Waals surface area (Å²) in [5.41, 5.74) is 3.71. The second kappa shape index (κ2) is 7.47. The number of carbonyl (C=O) groups is 1. The fourth-order valence-corrected chi connectivity index (χ4v) is 4.16. The minimum Gasteiger partial charge on any atom is -0.497 e. The Morgan fingerprint density at radius 1 is 1.07 bits per heavy atom. The molecular weight excluding hydrogens is 336 g/mol. The molecule has 0 spiro atoms. The normalized spacial score (nSPS) is 15.3. The molecule has 0 aliphatic carbocycles. The van der Waals surface area contributed by atoms with Crippen molar-refractivity contribution >= 4 is 16.8 Å². The highest BCUT2D eigenvalue weighted by Gasteiger charge is 2.25. The topological polar surface area (TPSA) is 34.5 Å². The van der Waals surface area contributed by atoms with Crippen LogP contribution in [0.4, 0.5) is 0 Å². The molecule has 4 rings (SSSR count). The van der Waals surface area contributed by atoms with Crippen LogP contribution in [0, 0.1) is 0 Å². The number of hydrogen-bond donors (Lipinski definition) is 0. The largest absolute Gasteiger partial charge is 0.497 e. The third-order valence-electron chi connectivity index (χ3n) is 5.77. The molecule has 27 heavy (non-hydrogen) atoms. The smallest absolute Gasteiger partial charge is 0.226 e. The van der Waals surface area contributed by atoms with Gasteiger partial charge in [0.25, 0.3) is 0 Å². The quantitative estimate of drug-likeness (QED) is 0.699. The number of likely N-dealkylation sites (tertiary alicyclic amines) is 1. The fraction of sp³-hybridized carbons (Fsp3) is 0.348. The summed E-state index contributed by atoms with van der Waals surface area (Å²) in [5, 5.41) is 1.30. The summed E-state index contributed by atoms with van der Waals surface area (Å²) in [4.78, 5) is 14.7. The highest BCUT2D eigenvalue weighted by molar-refractivity contribution is 5.81. The van der Waals surface area contributed by atoms with Gasteiger partial charge in [-0.15, -0.1) is 0 Å². The van der Waals surface area contributed by atoms with E-state index in [1.54, 1.807) is 7.11 Å². The van der Waals surface area contributed by atoms with Gasteiger partial charge in [-0.05, 0) is 48.1 Å². The fourth-order valence-electron chi connectivity index (χ4n) is 4.16. The summed E-state index contributed by atoms with van der Waals surface area (Å²) in [6, 6.07) is 18.6. The molecule has 0 saturated carbocycles. The third kappa shape index (κ3) is 3.57. The highest BCUT2D eigenvalue weighted by atomic mass is 16.5. The Morgan fingerprint density at radius 3 is 2.44 bits per heavy atom. The molecule has 0 N–H and O–H groups in total. The van der Waals surface area contributed by atoms with Crippen LogP contribution in [0.5, 0.6) is 5.75 Å². The highest BCUT2D eigenvalue weighted by Crippen LogP contribution is 2.32. The molecule has 2 heterocycles. The first-order chi connectivity index (χ1) is 13.2. The zero-order valence-electron chi connectivity index (χ0n) is 16.0. The van der Waals surface area contributed by atoms with Crippen molar-refractivity contribution in [2.45, 2.75) is 25.2 Å². The van der Waals surface area contributed by atoms with E-state index in [4.69, 9.17) is 4.74 Å². The van der Waals surface area contributed by atoms with E-state index in [-0.39, 0.29) is 5.91 Å². The average Bonchev–Trinajstić information content (AvgIpc) is 3.05. The number of ether oxygens (including phenoxy) is 1. The first kappa shape index (κ1) is 17.7. The lowest BCUT2D eigenvalue weighted by molar-refractivity contribution is -0.131. The van der Waals surface area contributed by atoms with Gasteiger partial charge < -0.3 is 14.2 Å². The van der Waals surface area contributed by atoms with Gasteiger partial charge in [0.15, 0.2) is 0 Å². The summed E-state index contributed by atoms with van der Waals surface area (Å²) in [7, 11) is 3.80. The number of piperidine rings is 1. The maximum atomic E-state index is 12.7. The second-order valence-electron chi connectivity index (χ2n) is 7.37. The number of carbonyl (C=O) groups excluding carboxylic acids is 1. The van der Waals surface area contributed by atoms with Crippen LogP contribution < -0.4 is 4.74 Å². The molecule has 1 aliphatic heterocycles. The van der Waals surface area contributed by atoms with Crippen molar-refractivity contribution in [3.05, 3.63) is 65.9 Å². The molecule has 0 radical (unpaired) electrons. The van der Waals surface area contributed by atoms with Crippen molar-refractivity contribution < 1.29 is 9.53 Å². The molecule has 1 fully saturated rings. The van der Waals surface area contributed by atoms with Gasteiger partial charge in [0.1, 0.15) is 5.75 Å². The summed E-state index contributed by atoms with van der Waals surface area (Å²) >= 11 is 0. The van der Waals surface area contributed by atoms with E-state index in [0.717, 1.165) is 37.2 Å². The van der Waals surface area contributed by atoms with Gasteiger partial charge in [-0.2, -0.15) is 0 Å². The van der Waals surface area contributed by atoms with Crippen LogP contribution in [0.15, 0.2) is 54.6 Å². The number of nitrogens with zero attached hydrogens (tertiary/aromatic N) is 2. The van der Waals surface area contributed by atoms with E-state index in [2.05, 4.69) is 41.9 Å². The van der Waals surface area contributed by atoms with Crippen molar-refractivity contribution in [1.82, 2.24) is 9.47 Å². The molecule has 0 atom stereocenters. The number of para-hydroxylation sites is 1. The molecule has 4 nitrogen and oxygen atoms in total. The summed E-state index contributed by atoms with van der Waals surface area (Å²) in [5.74, 6) is 1.56. The number of benzene rings is 2. The van der Waals surface area contributed by atoms with E-state index in [0.29, 0.717) is 12.3 Å². The summed E-state index contributed by atoms with van der Waals surface area (Å²) < 4.78 is 7.49. The third-order valence-corrected chi connectivity index (χ3v) is 5.77. The number of aromatic nitrogens is 1. The lowest BCUT2D eigenvalue weighted by Crippen LogP contribution is -2.39. The van der Waals surface area contributed by atoms with Crippen LogP contribution in [0.25, 0.3) is 10.9 Å². The Balaban J connectivity index is 1.39. The maximum absolute atomic E-state index is 12.7. The van der Waals surface area contributed by atoms with Crippen LogP contribution in [0.1, 0.15) is 30.0 Å². The maximum Gasteiger partial charge on any atom is 0.226 e. The lowest BCUT2D eigenvalue weighted by Gasteiger charge is -2.32. The van der Waals surface area contributed by atoms with Crippen LogP contribution >= 0.6 is 0 Å². The van der Waals surface area contributed by atoms with Crippen molar-refractivity contribution in [3.8, 4) is 5.75 Å². The van der Waals surface area contributed by atoms with Gasteiger partial charge >= 0.3 is 0 Å².